The van der Waals surface area contributed by atoms with E-state index in [1.807, 2.05) is 0 Å². The minimum absolute atomic E-state index is 0.0540. The van der Waals surface area contributed by atoms with Crippen LogP contribution in [0.1, 0.15) is 22.4 Å². The maximum absolute atomic E-state index is 14.1. The summed E-state index contributed by atoms with van der Waals surface area (Å²) in [6.07, 6.45) is 1.43. The summed E-state index contributed by atoms with van der Waals surface area (Å²) in [5, 5.41) is 5.45. The zero-order chi connectivity index (χ0) is 27.7. The van der Waals surface area contributed by atoms with Gasteiger partial charge in [-0.05, 0) is 54.1 Å². The van der Waals surface area contributed by atoms with Crippen molar-refractivity contribution in [3.8, 4) is 11.4 Å². The van der Waals surface area contributed by atoms with Gasteiger partial charge >= 0.3 is 6.03 Å². The van der Waals surface area contributed by atoms with Crippen molar-refractivity contribution < 1.29 is 27.5 Å². The van der Waals surface area contributed by atoms with Crippen LogP contribution in [0.25, 0.3) is 11.8 Å². The molecule has 4 aromatic rings. The zero-order valence-corrected chi connectivity index (χ0v) is 20.5. The number of hydrogen-bond donors (Lipinski definition) is 2. The van der Waals surface area contributed by atoms with Gasteiger partial charge in [0.25, 0.3) is 11.5 Å². The van der Waals surface area contributed by atoms with Crippen molar-refractivity contribution in [1.29, 1.82) is 0 Å². The van der Waals surface area contributed by atoms with Gasteiger partial charge in [0, 0.05) is 23.7 Å². The van der Waals surface area contributed by atoms with E-state index < -0.39 is 41.5 Å². The van der Waals surface area contributed by atoms with Gasteiger partial charge < -0.3 is 10.1 Å². The number of aromatic amines is 1. The fourth-order valence-electron chi connectivity index (χ4n) is 4.18. The van der Waals surface area contributed by atoms with Crippen LogP contribution in [0.15, 0.2) is 77.2 Å². The summed E-state index contributed by atoms with van der Waals surface area (Å²) < 4.78 is 47.3. The molecule has 0 spiro atoms. The van der Waals surface area contributed by atoms with E-state index in [2.05, 4.69) is 10.4 Å². The number of nitrogens with zero attached hydrogens (tertiary/aromatic N) is 2. The van der Waals surface area contributed by atoms with Crippen LogP contribution in [0.3, 0.4) is 0 Å². The van der Waals surface area contributed by atoms with E-state index in [1.165, 1.54) is 30.0 Å². The molecule has 2 N–H and O–H groups in total. The van der Waals surface area contributed by atoms with Gasteiger partial charge in [0.1, 0.15) is 28.9 Å². The number of benzene rings is 3. The Morgan fingerprint density at radius 3 is 2.26 bits per heavy atom. The molecule has 8 nitrogen and oxygen atoms in total. The maximum atomic E-state index is 14.1. The first-order chi connectivity index (χ1) is 18.7. The van der Waals surface area contributed by atoms with Gasteiger partial charge in [-0.25, -0.2) is 22.6 Å². The third-order valence-electron chi connectivity index (χ3n) is 6.22. The highest BCUT2D eigenvalue weighted by Crippen LogP contribution is 2.21. The summed E-state index contributed by atoms with van der Waals surface area (Å²) in [6.45, 7) is -0.431. The molecule has 0 radical (unpaired) electrons. The Morgan fingerprint density at radius 2 is 1.59 bits per heavy atom. The molecule has 0 saturated carbocycles. The van der Waals surface area contributed by atoms with Gasteiger partial charge in [-0.2, -0.15) is 0 Å². The molecule has 11 heteroatoms. The molecule has 198 valence electrons. The van der Waals surface area contributed by atoms with Crippen LogP contribution in [0, 0.1) is 17.5 Å². The first-order valence-electron chi connectivity index (χ1n) is 11.7. The van der Waals surface area contributed by atoms with E-state index in [4.69, 9.17) is 4.74 Å². The monoisotopic (exact) mass is 534 g/mol. The van der Waals surface area contributed by atoms with Crippen LogP contribution in [0.5, 0.6) is 5.75 Å². The first kappa shape index (κ1) is 25.6. The van der Waals surface area contributed by atoms with Crippen molar-refractivity contribution in [2.45, 2.75) is 13.0 Å². The van der Waals surface area contributed by atoms with E-state index in [1.54, 1.807) is 36.4 Å². The van der Waals surface area contributed by atoms with E-state index in [0.717, 1.165) is 17.0 Å². The van der Waals surface area contributed by atoms with E-state index >= 15 is 0 Å². The second-order valence-electron chi connectivity index (χ2n) is 8.76. The number of nitrogens with one attached hydrogen (secondary N) is 2. The lowest BCUT2D eigenvalue weighted by atomic mass is 10.1. The van der Waals surface area contributed by atoms with Crippen LogP contribution in [-0.4, -0.2) is 33.7 Å². The highest BCUT2D eigenvalue weighted by atomic mass is 19.1. The molecule has 2 heterocycles. The molecule has 1 saturated heterocycles. The van der Waals surface area contributed by atoms with E-state index in [9.17, 15) is 27.6 Å². The van der Waals surface area contributed by atoms with Crippen LogP contribution in [0.4, 0.5) is 18.0 Å². The summed E-state index contributed by atoms with van der Waals surface area (Å²) in [7, 11) is 1.52. The molecular weight excluding hydrogens is 513 g/mol. The third-order valence-corrected chi connectivity index (χ3v) is 6.22. The number of halogens is 3. The number of imide groups is 1. The average molecular weight is 534 g/mol. The number of urea groups is 1. The number of aromatic nitrogens is 2. The van der Waals surface area contributed by atoms with Gasteiger partial charge in [0.2, 0.25) is 0 Å². The molecule has 1 aliphatic heterocycles. The fourth-order valence-corrected chi connectivity index (χ4v) is 4.18. The molecular formula is C28H21F3N4O4. The minimum atomic E-state index is -0.900. The Kier molecular flexibility index (Phi) is 6.80. The molecule has 1 aromatic heterocycles. The van der Waals surface area contributed by atoms with Gasteiger partial charge in [0.15, 0.2) is 0 Å². The Morgan fingerprint density at radius 1 is 0.897 bits per heavy atom. The fraction of sp³-hybridized carbons (Fsp3) is 0.107. The number of hydrogen-bond acceptors (Lipinski definition) is 4. The molecule has 0 aliphatic carbocycles. The van der Waals surface area contributed by atoms with Crippen molar-refractivity contribution in [1.82, 2.24) is 20.0 Å². The second-order valence-corrected chi connectivity index (χ2v) is 8.76. The Hall–Kier alpha value is -5.06. The Balaban J connectivity index is 1.52. The van der Waals surface area contributed by atoms with Crippen molar-refractivity contribution in [3.63, 3.8) is 0 Å². The Bertz CT molecular complexity index is 1660. The second kappa shape index (κ2) is 10.4. The lowest BCUT2D eigenvalue weighted by molar-refractivity contribution is -0.123. The third kappa shape index (κ3) is 5.19. The van der Waals surface area contributed by atoms with Crippen LogP contribution >= 0.6 is 0 Å². The summed E-state index contributed by atoms with van der Waals surface area (Å²) >= 11 is 0. The normalized spacial score (nSPS) is 14.3. The molecule has 1 aliphatic rings. The number of methoxy groups -OCH3 is 1. The molecule has 1 fully saturated rings. The van der Waals surface area contributed by atoms with Gasteiger partial charge in [0.05, 0.1) is 24.9 Å². The van der Waals surface area contributed by atoms with Crippen molar-refractivity contribution in [2.24, 2.45) is 0 Å². The predicted octanol–water partition coefficient (Wildman–Crippen LogP) is 4.28. The van der Waals surface area contributed by atoms with Gasteiger partial charge in [-0.15, -0.1) is 0 Å². The number of amides is 3. The molecule has 5 rings (SSSR count). The minimum Gasteiger partial charge on any atom is -0.497 e. The zero-order valence-electron chi connectivity index (χ0n) is 20.5. The summed E-state index contributed by atoms with van der Waals surface area (Å²) in [5.41, 5.74) is 0.918. The number of H-pyrrole nitrogens is 1. The lowest BCUT2D eigenvalue weighted by Gasteiger charge is -2.12. The number of rotatable bonds is 7. The molecule has 0 bridgehead atoms. The quantitative estimate of drug-likeness (QED) is 0.273. The molecule has 39 heavy (non-hydrogen) atoms. The lowest BCUT2D eigenvalue weighted by Crippen LogP contribution is -2.30. The Labute approximate surface area is 219 Å². The summed E-state index contributed by atoms with van der Waals surface area (Å²) in [6, 6.07) is 14.4. The van der Waals surface area contributed by atoms with E-state index in [0.29, 0.717) is 28.8 Å². The SMILES string of the molecule is COc1ccc(-n2[nH]c(Cc3ccc(F)cc3)c(/C=C3\NC(=O)N(Cc4ccc(F)cc4F)C3=O)c2=O)cc1. The highest BCUT2D eigenvalue weighted by molar-refractivity contribution is 6.13. The van der Waals surface area contributed by atoms with Crippen LogP contribution in [-0.2, 0) is 17.8 Å². The smallest absolute Gasteiger partial charge is 0.329 e. The highest BCUT2D eigenvalue weighted by Gasteiger charge is 2.34. The van der Waals surface area contributed by atoms with Crippen LogP contribution < -0.4 is 15.6 Å². The summed E-state index contributed by atoms with van der Waals surface area (Å²) in [4.78, 5) is 39.9. The molecule has 0 unspecified atom stereocenters. The van der Waals surface area contributed by atoms with Crippen molar-refractivity contribution in [3.05, 3.63) is 123 Å². The summed E-state index contributed by atoms with van der Waals surface area (Å²) in [5.74, 6) is -2.30. The van der Waals surface area contributed by atoms with Crippen LogP contribution in [0.2, 0.25) is 0 Å². The van der Waals surface area contributed by atoms with Crippen molar-refractivity contribution >= 4 is 18.0 Å². The number of carbonyl (C=O) groups is 2. The standard InChI is InChI=1S/C28H21F3N4O4/c1-39-21-10-8-20(9-11-21)35-26(36)22(24(33-35)12-16-2-5-18(29)6-3-16)14-25-27(37)34(28(38)32-25)15-17-4-7-19(30)13-23(17)31/h2-11,13-14,33H,12,15H2,1H3,(H,32,38)/b25-14-. The maximum Gasteiger partial charge on any atom is 0.329 e. The van der Waals surface area contributed by atoms with Crippen molar-refractivity contribution in [2.75, 3.05) is 7.11 Å². The van der Waals surface area contributed by atoms with Gasteiger partial charge in [-0.3, -0.25) is 19.6 Å². The van der Waals surface area contributed by atoms with Gasteiger partial charge in [-0.1, -0.05) is 18.2 Å². The van der Waals surface area contributed by atoms with E-state index in [-0.39, 0.29) is 23.2 Å². The average Bonchev–Trinajstić information content (AvgIpc) is 3.37. The number of carbonyl (C=O) groups excluding carboxylic acids is 2. The molecule has 3 amide bonds. The topological polar surface area (TPSA) is 96.4 Å². The largest absolute Gasteiger partial charge is 0.497 e. The molecule has 3 aromatic carbocycles. The number of ether oxygens (including phenoxy) is 1. The molecule has 0 atom stereocenters. The first-order valence-corrected chi connectivity index (χ1v) is 11.7. The predicted molar refractivity (Wildman–Crippen MR) is 136 cm³/mol.